The van der Waals surface area contributed by atoms with Crippen LogP contribution in [0.5, 0.6) is 0 Å². The van der Waals surface area contributed by atoms with Gasteiger partial charge in [0, 0.05) is 7.11 Å². The molecule has 4 fully saturated rings. The van der Waals surface area contributed by atoms with Crippen molar-refractivity contribution in [3.63, 3.8) is 0 Å². The Bertz CT molecular complexity index is 441. The molecule has 0 aromatic heterocycles. The SMILES string of the molecule is COC1CCC2(CC[C@](C)(COC3CC4(CC[C@@H](C)C4)C3)C2)C1. The van der Waals surface area contributed by atoms with Gasteiger partial charge in [-0.2, -0.15) is 0 Å². The minimum absolute atomic E-state index is 0.425. The van der Waals surface area contributed by atoms with Crippen LogP contribution < -0.4 is 0 Å². The molecule has 0 bridgehead atoms. The van der Waals surface area contributed by atoms with Gasteiger partial charge < -0.3 is 9.47 Å². The van der Waals surface area contributed by atoms with Crippen molar-refractivity contribution < 1.29 is 9.47 Å². The molecule has 2 nitrogen and oxygen atoms in total. The predicted octanol–water partition coefficient (Wildman–Crippen LogP) is 5.35. The van der Waals surface area contributed by atoms with E-state index in [0.29, 0.717) is 28.5 Å². The van der Waals surface area contributed by atoms with Crippen molar-refractivity contribution in [3.05, 3.63) is 0 Å². The Kier molecular flexibility index (Phi) is 4.08. The van der Waals surface area contributed by atoms with Crippen LogP contribution in [0, 0.1) is 22.2 Å². The summed E-state index contributed by atoms with van der Waals surface area (Å²) >= 11 is 0. The van der Waals surface area contributed by atoms with E-state index in [1.807, 2.05) is 7.11 Å². The fourth-order valence-electron chi connectivity index (χ4n) is 6.73. The van der Waals surface area contributed by atoms with E-state index in [1.165, 1.54) is 70.6 Å². The maximum atomic E-state index is 6.41. The third-order valence-electron chi connectivity index (χ3n) is 7.99. The molecule has 4 aliphatic carbocycles. The lowest BCUT2D eigenvalue weighted by atomic mass is 9.65. The normalized spacial score (nSPS) is 52.6. The van der Waals surface area contributed by atoms with Gasteiger partial charge in [-0.15, -0.1) is 0 Å². The molecule has 2 unspecified atom stereocenters. The molecule has 4 aliphatic rings. The van der Waals surface area contributed by atoms with Crippen LogP contribution >= 0.6 is 0 Å². The molecule has 132 valence electrons. The quantitative estimate of drug-likeness (QED) is 0.695. The van der Waals surface area contributed by atoms with Crippen LogP contribution in [0.3, 0.4) is 0 Å². The van der Waals surface area contributed by atoms with Crippen LogP contribution in [0.1, 0.15) is 84.5 Å². The average molecular weight is 321 g/mol. The summed E-state index contributed by atoms with van der Waals surface area (Å²) in [5.74, 6) is 0.958. The minimum atomic E-state index is 0.425. The molecule has 0 amide bonds. The largest absolute Gasteiger partial charge is 0.381 e. The summed E-state index contributed by atoms with van der Waals surface area (Å²) in [4.78, 5) is 0. The number of rotatable bonds is 4. The first-order chi connectivity index (χ1) is 10.9. The molecule has 0 radical (unpaired) electrons. The van der Waals surface area contributed by atoms with E-state index in [4.69, 9.17) is 9.47 Å². The molecular formula is C21H36O2. The highest BCUT2D eigenvalue weighted by molar-refractivity contribution is 5.02. The van der Waals surface area contributed by atoms with Crippen molar-refractivity contribution in [2.45, 2.75) is 96.7 Å². The Hall–Kier alpha value is -0.0800. The Balaban J connectivity index is 1.24. The molecule has 2 spiro atoms. The molecule has 0 N–H and O–H groups in total. The number of hydrogen-bond donors (Lipinski definition) is 0. The van der Waals surface area contributed by atoms with E-state index in [-0.39, 0.29) is 0 Å². The summed E-state index contributed by atoms with van der Waals surface area (Å²) in [5.41, 5.74) is 1.70. The van der Waals surface area contributed by atoms with Crippen molar-refractivity contribution >= 4 is 0 Å². The first kappa shape index (κ1) is 16.4. The van der Waals surface area contributed by atoms with E-state index in [9.17, 15) is 0 Å². The Labute approximate surface area is 142 Å². The van der Waals surface area contributed by atoms with Gasteiger partial charge in [0.15, 0.2) is 0 Å². The van der Waals surface area contributed by atoms with Gasteiger partial charge in [-0.05, 0) is 86.4 Å². The standard InChI is InChI=1S/C21H36O2/c1-16-4-6-21(10-16)12-18(13-21)23-15-19(2)8-9-20(14-19)7-5-17(11-20)22-3/h16-18H,4-15H2,1-3H3/t16-,17?,18?,19+,20?,21?/m1/s1. The molecular weight excluding hydrogens is 284 g/mol. The highest BCUT2D eigenvalue weighted by atomic mass is 16.5. The van der Waals surface area contributed by atoms with Crippen molar-refractivity contribution in [1.29, 1.82) is 0 Å². The van der Waals surface area contributed by atoms with E-state index in [2.05, 4.69) is 13.8 Å². The molecule has 23 heavy (non-hydrogen) atoms. The van der Waals surface area contributed by atoms with Crippen molar-refractivity contribution in [3.8, 4) is 0 Å². The number of hydrogen-bond acceptors (Lipinski definition) is 2. The zero-order valence-electron chi connectivity index (χ0n) is 15.5. The van der Waals surface area contributed by atoms with Crippen LogP contribution in [0.4, 0.5) is 0 Å². The Morgan fingerprint density at radius 3 is 2.26 bits per heavy atom. The van der Waals surface area contributed by atoms with E-state index >= 15 is 0 Å². The first-order valence-electron chi connectivity index (χ1n) is 10.1. The maximum Gasteiger partial charge on any atom is 0.0586 e. The minimum Gasteiger partial charge on any atom is -0.381 e. The van der Waals surface area contributed by atoms with Gasteiger partial charge in [-0.3, -0.25) is 0 Å². The van der Waals surface area contributed by atoms with Gasteiger partial charge in [0.25, 0.3) is 0 Å². The van der Waals surface area contributed by atoms with Gasteiger partial charge in [-0.1, -0.05) is 20.3 Å². The molecule has 0 heterocycles. The monoisotopic (exact) mass is 320 g/mol. The molecule has 0 aromatic rings. The molecule has 4 saturated carbocycles. The van der Waals surface area contributed by atoms with Crippen molar-refractivity contribution in [1.82, 2.24) is 0 Å². The number of ether oxygens (including phenoxy) is 2. The predicted molar refractivity (Wildman–Crippen MR) is 93.5 cm³/mol. The smallest absolute Gasteiger partial charge is 0.0586 e. The van der Waals surface area contributed by atoms with Gasteiger partial charge in [-0.25, -0.2) is 0 Å². The summed E-state index contributed by atoms with van der Waals surface area (Å²) < 4.78 is 12.0. The summed E-state index contributed by atoms with van der Waals surface area (Å²) in [6, 6.07) is 0. The van der Waals surface area contributed by atoms with Gasteiger partial charge in [0.05, 0.1) is 18.8 Å². The fourth-order valence-corrected chi connectivity index (χ4v) is 6.73. The summed E-state index contributed by atoms with van der Waals surface area (Å²) in [6.45, 7) is 5.91. The second-order valence-corrected chi connectivity index (χ2v) is 10.3. The van der Waals surface area contributed by atoms with Gasteiger partial charge in [0.2, 0.25) is 0 Å². The number of methoxy groups -OCH3 is 1. The van der Waals surface area contributed by atoms with Gasteiger partial charge in [0.1, 0.15) is 0 Å². The lowest BCUT2D eigenvalue weighted by Crippen LogP contribution is -2.42. The molecule has 2 heteroatoms. The third-order valence-corrected chi connectivity index (χ3v) is 7.99. The van der Waals surface area contributed by atoms with Crippen molar-refractivity contribution in [2.75, 3.05) is 13.7 Å². The summed E-state index contributed by atoms with van der Waals surface area (Å²) in [7, 11) is 1.89. The zero-order valence-corrected chi connectivity index (χ0v) is 15.5. The van der Waals surface area contributed by atoms with E-state index in [0.717, 1.165) is 12.5 Å². The zero-order chi connectivity index (χ0) is 16.1. The molecule has 0 saturated heterocycles. The van der Waals surface area contributed by atoms with Crippen LogP contribution in [0.15, 0.2) is 0 Å². The van der Waals surface area contributed by atoms with Gasteiger partial charge >= 0.3 is 0 Å². The van der Waals surface area contributed by atoms with E-state index in [1.54, 1.807) is 0 Å². The maximum absolute atomic E-state index is 6.41. The summed E-state index contributed by atoms with van der Waals surface area (Å²) in [5, 5.41) is 0. The second-order valence-electron chi connectivity index (χ2n) is 10.3. The highest BCUT2D eigenvalue weighted by Crippen LogP contribution is 2.59. The van der Waals surface area contributed by atoms with E-state index < -0.39 is 0 Å². The topological polar surface area (TPSA) is 18.5 Å². The highest BCUT2D eigenvalue weighted by Gasteiger charge is 2.51. The first-order valence-corrected chi connectivity index (χ1v) is 10.1. The van der Waals surface area contributed by atoms with Crippen molar-refractivity contribution in [2.24, 2.45) is 22.2 Å². The average Bonchev–Trinajstić information content (AvgIpc) is 3.15. The lowest BCUT2D eigenvalue weighted by molar-refractivity contribution is -0.103. The third kappa shape index (κ3) is 3.11. The Morgan fingerprint density at radius 1 is 0.870 bits per heavy atom. The second kappa shape index (κ2) is 5.73. The molecule has 4 rings (SSSR count). The van der Waals surface area contributed by atoms with Crippen LogP contribution in [0.25, 0.3) is 0 Å². The van der Waals surface area contributed by atoms with Crippen LogP contribution in [0.2, 0.25) is 0 Å². The molecule has 4 atom stereocenters. The molecule has 0 aromatic carbocycles. The molecule has 0 aliphatic heterocycles. The van der Waals surface area contributed by atoms with Crippen LogP contribution in [-0.4, -0.2) is 25.9 Å². The Morgan fingerprint density at radius 2 is 1.61 bits per heavy atom. The lowest BCUT2D eigenvalue weighted by Gasteiger charge is -2.46. The fraction of sp³-hybridized carbons (Fsp3) is 1.00. The van der Waals surface area contributed by atoms with Crippen LogP contribution in [-0.2, 0) is 9.47 Å². The summed E-state index contributed by atoms with van der Waals surface area (Å²) in [6.07, 6.45) is 16.3.